The zero-order chi connectivity index (χ0) is 19.2. The summed E-state index contributed by atoms with van der Waals surface area (Å²) in [6.45, 7) is 2.20. The summed E-state index contributed by atoms with van der Waals surface area (Å²) in [5.74, 6) is -0.220. The number of Topliss-reactive ketones (excluding diaryl/α,β-unsaturated/α-hetero) is 1. The molecule has 2 N–H and O–H groups in total. The third-order valence-corrected chi connectivity index (χ3v) is 5.16. The Morgan fingerprint density at radius 1 is 1.19 bits per heavy atom. The van der Waals surface area contributed by atoms with Crippen LogP contribution in [0.4, 0.5) is 0 Å². The summed E-state index contributed by atoms with van der Waals surface area (Å²) >= 11 is 0. The first-order valence-electron chi connectivity index (χ1n) is 10.3. The van der Waals surface area contributed by atoms with Gasteiger partial charge in [0.05, 0.1) is 6.10 Å². The van der Waals surface area contributed by atoms with Crippen LogP contribution in [-0.2, 0) is 9.59 Å². The van der Waals surface area contributed by atoms with Crippen molar-refractivity contribution in [2.45, 2.75) is 90.1 Å². The molecule has 26 heavy (non-hydrogen) atoms. The van der Waals surface area contributed by atoms with Crippen LogP contribution in [0.1, 0.15) is 84.0 Å². The lowest BCUT2D eigenvalue weighted by Crippen LogP contribution is -2.13. The third kappa shape index (κ3) is 9.91. The van der Waals surface area contributed by atoms with Crippen LogP contribution in [0.3, 0.4) is 0 Å². The second-order valence-corrected chi connectivity index (χ2v) is 7.42. The first kappa shape index (κ1) is 22.6. The highest BCUT2D eigenvalue weighted by Crippen LogP contribution is 2.33. The number of carboxylic acids is 1. The second-order valence-electron chi connectivity index (χ2n) is 7.42. The smallest absolute Gasteiger partial charge is 0.303 e. The fraction of sp³-hybridized carbons (Fsp3) is 0.727. The molecule has 0 aromatic rings. The van der Waals surface area contributed by atoms with Crippen molar-refractivity contribution < 1.29 is 19.8 Å². The van der Waals surface area contributed by atoms with E-state index in [1.54, 1.807) is 0 Å². The van der Waals surface area contributed by atoms with Crippen LogP contribution in [0.2, 0.25) is 0 Å². The zero-order valence-electron chi connectivity index (χ0n) is 16.2. The molecular weight excluding hydrogens is 328 g/mol. The van der Waals surface area contributed by atoms with Crippen LogP contribution in [-0.4, -0.2) is 28.1 Å². The van der Waals surface area contributed by atoms with Gasteiger partial charge in [0.15, 0.2) is 0 Å². The van der Waals surface area contributed by atoms with Gasteiger partial charge in [-0.1, -0.05) is 63.3 Å². The highest BCUT2D eigenvalue weighted by atomic mass is 16.4. The normalized spacial score (nSPS) is 21.8. The Balaban J connectivity index is 2.31. The number of carboxylic acid groups (broad SMARTS) is 1. The van der Waals surface area contributed by atoms with E-state index in [9.17, 15) is 14.7 Å². The topological polar surface area (TPSA) is 74.6 Å². The van der Waals surface area contributed by atoms with E-state index in [0.29, 0.717) is 25.0 Å². The predicted octanol–water partition coefficient (Wildman–Crippen LogP) is 5.06. The Kier molecular flexibility index (Phi) is 12.0. The van der Waals surface area contributed by atoms with Crippen molar-refractivity contribution in [3.63, 3.8) is 0 Å². The first-order chi connectivity index (χ1) is 12.5. The maximum Gasteiger partial charge on any atom is 0.303 e. The van der Waals surface area contributed by atoms with Crippen LogP contribution in [0, 0.1) is 11.8 Å². The molecule has 3 atom stereocenters. The summed E-state index contributed by atoms with van der Waals surface area (Å²) in [5.41, 5.74) is 0. The van der Waals surface area contributed by atoms with Crippen LogP contribution >= 0.6 is 0 Å². The number of aliphatic hydroxyl groups is 1. The Hall–Kier alpha value is -1.42. The van der Waals surface area contributed by atoms with Gasteiger partial charge >= 0.3 is 5.97 Å². The van der Waals surface area contributed by atoms with Crippen molar-refractivity contribution in [3.05, 3.63) is 24.3 Å². The van der Waals surface area contributed by atoms with Crippen LogP contribution in [0.15, 0.2) is 24.3 Å². The minimum absolute atomic E-state index is 0.0127. The average molecular weight is 365 g/mol. The van der Waals surface area contributed by atoms with Gasteiger partial charge in [-0.2, -0.15) is 0 Å². The number of allylic oxidation sites excluding steroid dienone is 3. The molecule has 1 aliphatic carbocycles. The Morgan fingerprint density at radius 3 is 2.69 bits per heavy atom. The summed E-state index contributed by atoms with van der Waals surface area (Å²) in [7, 11) is 0. The average Bonchev–Trinajstić information content (AvgIpc) is 2.95. The van der Waals surface area contributed by atoms with E-state index in [1.807, 2.05) is 24.3 Å². The molecule has 0 aromatic heterocycles. The van der Waals surface area contributed by atoms with E-state index < -0.39 is 12.1 Å². The van der Waals surface area contributed by atoms with E-state index in [2.05, 4.69) is 6.92 Å². The lowest BCUT2D eigenvalue weighted by atomic mass is 9.91. The molecule has 0 aliphatic heterocycles. The number of carbonyl (C=O) groups excluding carboxylic acids is 1. The minimum Gasteiger partial charge on any atom is -0.481 e. The lowest BCUT2D eigenvalue weighted by molar-refractivity contribution is -0.137. The molecular formula is C22H36O4. The van der Waals surface area contributed by atoms with E-state index in [4.69, 9.17) is 5.11 Å². The molecule has 0 radical (unpaired) electrons. The predicted molar refractivity (Wildman–Crippen MR) is 105 cm³/mol. The molecule has 1 saturated carbocycles. The molecule has 0 saturated heterocycles. The summed E-state index contributed by atoms with van der Waals surface area (Å²) < 4.78 is 0. The molecule has 1 unspecified atom stereocenters. The van der Waals surface area contributed by atoms with E-state index in [1.165, 1.54) is 25.7 Å². The molecule has 0 amide bonds. The largest absolute Gasteiger partial charge is 0.481 e. The highest BCUT2D eigenvalue weighted by Gasteiger charge is 2.31. The van der Waals surface area contributed by atoms with Gasteiger partial charge in [0.25, 0.3) is 0 Å². The fourth-order valence-corrected chi connectivity index (χ4v) is 3.53. The Bertz CT molecular complexity index is 467. The molecule has 0 heterocycles. The molecule has 0 bridgehead atoms. The summed E-state index contributed by atoms with van der Waals surface area (Å²) in [6, 6.07) is 0. The first-order valence-corrected chi connectivity index (χ1v) is 10.3. The van der Waals surface area contributed by atoms with Gasteiger partial charge in [0.1, 0.15) is 5.78 Å². The summed E-state index contributed by atoms with van der Waals surface area (Å²) in [4.78, 5) is 22.6. The van der Waals surface area contributed by atoms with Crippen molar-refractivity contribution in [2.75, 3.05) is 0 Å². The molecule has 4 heteroatoms. The van der Waals surface area contributed by atoms with Gasteiger partial charge < -0.3 is 10.2 Å². The number of hydrogen-bond donors (Lipinski definition) is 2. The second kappa shape index (κ2) is 13.7. The third-order valence-electron chi connectivity index (χ3n) is 5.16. The van der Waals surface area contributed by atoms with Crippen molar-refractivity contribution in [1.82, 2.24) is 0 Å². The van der Waals surface area contributed by atoms with E-state index in [0.717, 1.165) is 25.7 Å². The van der Waals surface area contributed by atoms with E-state index in [-0.39, 0.29) is 18.3 Å². The standard InChI is InChI=1S/C22H36O4/c1-2-3-4-5-8-11-19(23)16-14-18-15-17-21(24)20(18)12-9-6-7-10-13-22(25)26/h6,9,14,16,18-20,23H,2-5,7-8,10-13,15,17H2,1H3,(H,25,26)/b9-6?,16-14+/t18-,19?,20-/m0/s1. The lowest BCUT2D eigenvalue weighted by Gasteiger charge is -2.13. The highest BCUT2D eigenvalue weighted by molar-refractivity contribution is 5.83. The van der Waals surface area contributed by atoms with Gasteiger partial charge in [-0.25, -0.2) is 0 Å². The van der Waals surface area contributed by atoms with Gasteiger partial charge in [0.2, 0.25) is 0 Å². The number of hydrogen-bond acceptors (Lipinski definition) is 3. The van der Waals surface area contributed by atoms with Crippen molar-refractivity contribution in [3.8, 4) is 0 Å². The van der Waals surface area contributed by atoms with Crippen molar-refractivity contribution >= 4 is 11.8 Å². The van der Waals surface area contributed by atoms with Crippen molar-refractivity contribution in [2.24, 2.45) is 11.8 Å². The SMILES string of the molecule is CCCCCCCC(O)/C=C/[C@H]1CCC(=O)[C@H]1CC=CCCCC(=O)O. The fourth-order valence-electron chi connectivity index (χ4n) is 3.53. The number of aliphatic hydroxyl groups excluding tert-OH is 1. The molecule has 0 aromatic carbocycles. The zero-order valence-corrected chi connectivity index (χ0v) is 16.2. The summed E-state index contributed by atoms with van der Waals surface area (Å²) in [6.07, 6.45) is 18.1. The molecule has 1 rings (SSSR count). The number of aliphatic carboxylic acids is 1. The number of rotatable bonds is 14. The summed E-state index contributed by atoms with van der Waals surface area (Å²) in [5, 5.41) is 18.7. The van der Waals surface area contributed by atoms with Crippen LogP contribution in [0.25, 0.3) is 0 Å². The van der Waals surface area contributed by atoms with Gasteiger partial charge in [0, 0.05) is 18.8 Å². The van der Waals surface area contributed by atoms with Crippen LogP contribution in [0.5, 0.6) is 0 Å². The van der Waals surface area contributed by atoms with Gasteiger partial charge in [-0.3, -0.25) is 9.59 Å². The number of ketones is 1. The van der Waals surface area contributed by atoms with Gasteiger partial charge in [-0.05, 0) is 38.0 Å². The molecule has 1 fully saturated rings. The van der Waals surface area contributed by atoms with E-state index >= 15 is 0 Å². The molecule has 0 spiro atoms. The number of unbranched alkanes of at least 4 members (excludes halogenated alkanes) is 5. The quantitative estimate of drug-likeness (QED) is 0.334. The maximum atomic E-state index is 12.1. The maximum absolute atomic E-state index is 12.1. The minimum atomic E-state index is -0.765. The van der Waals surface area contributed by atoms with Crippen molar-refractivity contribution in [1.29, 1.82) is 0 Å². The van der Waals surface area contributed by atoms with Crippen LogP contribution < -0.4 is 0 Å². The number of carbonyl (C=O) groups is 2. The monoisotopic (exact) mass is 364 g/mol. The molecule has 1 aliphatic rings. The molecule has 4 nitrogen and oxygen atoms in total. The Morgan fingerprint density at radius 2 is 1.96 bits per heavy atom. The molecule has 148 valence electrons. The van der Waals surface area contributed by atoms with Gasteiger partial charge in [-0.15, -0.1) is 0 Å². The Labute approximate surface area is 158 Å².